The van der Waals surface area contributed by atoms with Crippen LogP contribution in [0.4, 0.5) is 5.69 Å². The van der Waals surface area contributed by atoms with E-state index in [1.807, 2.05) is 11.0 Å². The predicted molar refractivity (Wildman–Crippen MR) is 131 cm³/mol. The number of nitrogens with zero attached hydrogens (tertiary/aromatic N) is 3. The highest BCUT2D eigenvalue weighted by Gasteiger charge is 2.34. The molecule has 1 aliphatic heterocycles. The van der Waals surface area contributed by atoms with Gasteiger partial charge in [-0.25, -0.2) is 0 Å². The number of anilines is 1. The number of guanidine groups is 1. The standard InChI is InChI=1S/C22H35N5O.HI/c1-3-22(11-7-12-22)18-25-21(23-2)24-13-10-20(28)27-16-14-26(15-17-27)19-8-5-4-6-9-19;/h4-6,8-9H,3,7,10-18H2,1-2H3,(H2,23,24,25);1H. The highest BCUT2D eigenvalue weighted by atomic mass is 127. The zero-order chi connectivity index (χ0) is 19.8. The lowest BCUT2D eigenvalue weighted by Gasteiger charge is -2.41. The van der Waals surface area contributed by atoms with Crippen LogP contribution in [0.1, 0.15) is 39.0 Å². The van der Waals surface area contributed by atoms with Gasteiger partial charge < -0.3 is 20.4 Å². The Balaban J connectivity index is 0.00000300. The van der Waals surface area contributed by atoms with Crippen molar-refractivity contribution in [3.63, 3.8) is 0 Å². The molecule has 29 heavy (non-hydrogen) atoms. The molecule has 0 atom stereocenters. The van der Waals surface area contributed by atoms with Gasteiger partial charge >= 0.3 is 0 Å². The van der Waals surface area contributed by atoms with E-state index in [-0.39, 0.29) is 29.9 Å². The van der Waals surface area contributed by atoms with Crippen molar-refractivity contribution in [3.8, 4) is 0 Å². The van der Waals surface area contributed by atoms with E-state index in [1.54, 1.807) is 7.05 Å². The lowest BCUT2D eigenvalue weighted by atomic mass is 9.67. The molecule has 0 bridgehead atoms. The van der Waals surface area contributed by atoms with Crippen molar-refractivity contribution in [2.75, 3.05) is 51.2 Å². The molecule has 1 saturated carbocycles. The number of aliphatic imine (C=N–C) groups is 1. The number of piperazine rings is 1. The quantitative estimate of drug-likeness (QED) is 0.334. The van der Waals surface area contributed by atoms with Gasteiger partial charge in [0.25, 0.3) is 0 Å². The van der Waals surface area contributed by atoms with Gasteiger partial charge in [-0.05, 0) is 36.8 Å². The van der Waals surface area contributed by atoms with Crippen molar-refractivity contribution in [2.24, 2.45) is 10.4 Å². The molecule has 2 fully saturated rings. The van der Waals surface area contributed by atoms with Crippen LogP contribution in [0, 0.1) is 5.41 Å². The third-order valence-electron chi connectivity index (χ3n) is 6.40. The molecule has 162 valence electrons. The fourth-order valence-corrected chi connectivity index (χ4v) is 4.12. The Morgan fingerprint density at radius 1 is 1.10 bits per heavy atom. The van der Waals surface area contributed by atoms with Crippen LogP contribution >= 0.6 is 24.0 Å². The van der Waals surface area contributed by atoms with E-state index in [0.29, 0.717) is 18.4 Å². The SMILES string of the molecule is CCC1(CNC(=NC)NCCC(=O)N2CCN(c3ccccc3)CC2)CCC1.I. The topological polar surface area (TPSA) is 60.0 Å². The Bertz CT molecular complexity index is 649. The minimum Gasteiger partial charge on any atom is -0.368 e. The van der Waals surface area contributed by atoms with Crippen molar-refractivity contribution in [1.82, 2.24) is 15.5 Å². The summed E-state index contributed by atoms with van der Waals surface area (Å²) in [6.45, 7) is 7.23. The van der Waals surface area contributed by atoms with Crippen LogP contribution in [0.3, 0.4) is 0 Å². The van der Waals surface area contributed by atoms with Crippen molar-refractivity contribution >= 4 is 41.5 Å². The summed E-state index contributed by atoms with van der Waals surface area (Å²) in [7, 11) is 1.79. The first-order chi connectivity index (χ1) is 13.7. The molecule has 1 aromatic carbocycles. The molecule has 1 aliphatic carbocycles. The van der Waals surface area contributed by atoms with Gasteiger partial charge in [-0.3, -0.25) is 9.79 Å². The van der Waals surface area contributed by atoms with Crippen LogP contribution in [0.15, 0.2) is 35.3 Å². The minimum atomic E-state index is 0. The molecule has 1 aromatic rings. The van der Waals surface area contributed by atoms with Crippen molar-refractivity contribution in [2.45, 2.75) is 39.0 Å². The van der Waals surface area contributed by atoms with E-state index >= 15 is 0 Å². The Hall–Kier alpha value is -1.51. The highest BCUT2D eigenvalue weighted by molar-refractivity contribution is 14.0. The molecule has 3 rings (SSSR count). The Kier molecular flexibility index (Phi) is 9.52. The average Bonchev–Trinajstić information content (AvgIpc) is 2.72. The molecular formula is C22H36IN5O. The van der Waals surface area contributed by atoms with Gasteiger partial charge in [0.2, 0.25) is 5.91 Å². The molecule has 2 aliphatic rings. The van der Waals surface area contributed by atoms with Crippen LogP contribution in [0.2, 0.25) is 0 Å². The maximum Gasteiger partial charge on any atom is 0.224 e. The van der Waals surface area contributed by atoms with Gasteiger partial charge in [0.05, 0.1) is 0 Å². The Morgan fingerprint density at radius 2 is 1.79 bits per heavy atom. The van der Waals surface area contributed by atoms with Gasteiger partial charge in [0.1, 0.15) is 0 Å². The molecule has 0 spiro atoms. The summed E-state index contributed by atoms with van der Waals surface area (Å²) < 4.78 is 0. The predicted octanol–water partition coefficient (Wildman–Crippen LogP) is 3.09. The lowest BCUT2D eigenvalue weighted by molar-refractivity contribution is -0.131. The minimum absolute atomic E-state index is 0. The number of benzene rings is 1. The largest absolute Gasteiger partial charge is 0.368 e. The number of carbonyl (C=O) groups is 1. The second-order valence-corrected chi connectivity index (χ2v) is 8.01. The van der Waals surface area contributed by atoms with E-state index in [1.165, 1.54) is 31.4 Å². The number of amides is 1. The maximum atomic E-state index is 12.5. The molecule has 1 heterocycles. The van der Waals surface area contributed by atoms with Crippen molar-refractivity contribution < 1.29 is 4.79 Å². The van der Waals surface area contributed by atoms with Crippen LogP contribution in [0.5, 0.6) is 0 Å². The molecule has 1 saturated heterocycles. The van der Waals surface area contributed by atoms with E-state index < -0.39 is 0 Å². The summed E-state index contributed by atoms with van der Waals surface area (Å²) in [6, 6.07) is 10.4. The van der Waals surface area contributed by atoms with Gasteiger partial charge in [0, 0.05) is 58.4 Å². The number of rotatable bonds is 7. The maximum absolute atomic E-state index is 12.5. The molecule has 2 N–H and O–H groups in total. The first-order valence-electron chi connectivity index (χ1n) is 10.7. The third kappa shape index (κ3) is 6.49. The van der Waals surface area contributed by atoms with Gasteiger partial charge in [-0.1, -0.05) is 31.5 Å². The molecule has 0 unspecified atom stereocenters. The first kappa shape index (κ1) is 23.8. The fourth-order valence-electron chi connectivity index (χ4n) is 4.12. The highest BCUT2D eigenvalue weighted by Crippen LogP contribution is 2.42. The number of para-hydroxylation sites is 1. The number of halogens is 1. The first-order valence-corrected chi connectivity index (χ1v) is 10.7. The molecule has 7 heteroatoms. The summed E-state index contributed by atoms with van der Waals surface area (Å²) in [5.41, 5.74) is 1.69. The second-order valence-electron chi connectivity index (χ2n) is 8.01. The van der Waals surface area contributed by atoms with Crippen LogP contribution < -0.4 is 15.5 Å². The normalized spacial score (nSPS) is 18.5. The second kappa shape index (κ2) is 11.6. The van der Waals surface area contributed by atoms with E-state index in [9.17, 15) is 4.79 Å². The summed E-state index contributed by atoms with van der Waals surface area (Å²) in [5, 5.41) is 6.75. The third-order valence-corrected chi connectivity index (χ3v) is 6.40. The number of hydrogen-bond donors (Lipinski definition) is 2. The molecule has 1 amide bonds. The fraction of sp³-hybridized carbons (Fsp3) is 0.636. The van der Waals surface area contributed by atoms with Gasteiger partial charge in [-0.2, -0.15) is 0 Å². The lowest BCUT2D eigenvalue weighted by Crippen LogP contribution is -2.50. The van der Waals surface area contributed by atoms with Crippen molar-refractivity contribution in [1.29, 1.82) is 0 Å². The zero-order valence-electron chi connectivity index (χ0n) is 17.8. The molecule has 0 aromatic heterocycles. The monoisotopic (exact) mass is 513 g/mol. The number of carbonyl (C=O) groups excluding carboxylic acids is 1. The summed E-state index contributed by atoms with van der Waals surface area (Å²) in [4.78, 5) is 21.2. The zero-order valence-corrected chi connectivity index (χ0v) is 20.2. The average molecular weight is 513 g/mol. The van der Waals surface area contributed by atoms with Crippen LogP contribution in [-0.4, -0.2) is 63.1 Å². The van der Waals surface area contributed by atoms with Crippen LogP contribution in [-0.2, 0) is 4.79 Å². The van der Waals surface area contributed by atoms with Crippen molar-refractivity contribution in [3.05, 3.63) is 30.3 Å². The van der Waals surface area contributed by atoms with Gasteiger partial charge in [-0.15, -0.1) is 24.0 Å². The molecule has 0 radical (unpaired) electrons. The van der Waals surface area contributed by atoms with E-state index in [4.69, 9.17) is 0 Å². The van der Waals surface area contributed by atoms with Gasteiger partial charge in [0.15, 0.2) is 5.96 Å². The number of nitrogens with one attached hydrogen (secondary N) is 2. The smallest absolute Gasteiger partial charge is 0.224 e. The van der Waals surface area contributed by atoms with E-state index in [2.05, 4.69) is 51.7 Å². The molecule has 6 nitrogen and oxygen atoms in total. The summed E-state index contributed by atoms with van der Waals surface area (Å²) in [5.74, 6) is 1.03. The number of hydrogen-bond acceptors (Lipinski definition) is 3. The van der Waals surface area contributed by atoms with Crippen LogP contribution in [0.25, 0.3) is 0 Å². The van der Waals surface area contributed by atoms with E-state index in [0.717, 1.165) is 38.7 Å². The summed E-state index contributed by atoms with van der Waals surface area (Å²) >= 11 is 0. The Morgan fingerprint density at radius 3 is 2.34 bits per heavy atom. The molecular weight excluding hydrogens is 477 g/mol. The Labute approximate surface area is 192 Å². The summed E-state index contributed by atoms with van der Waals surface area (Å²) in [6.07, 6.45) is 5.67.